The molecule has 1 amide bonds. The van der Waals surface area contributed by atoms with E-state index in [9.17, 15) is 23.1 Å². The average molecular weight is 283 g/mol. The van der Waals surface area contributed by atoms with Gasteiger partial charge in [0, 0.05) is 21.6 Å². The number of carbonyl (C=O) groups excluding carboxylic acids is 1. The van der Waals surface area contributed by atoms with E-state index in [1.807, 2.05) is 15.9 Å². The number of anilines is 1. The third kappa shape index (κ3) is 3.12. The number of amides is 1. The second-order valence-electron chi connectivity index (χ2n) is 2.59. The highest BCUT2D eigenvalue weighted by molar-refractivity contribution is 9.10. The lowest BCUT2D eigenvalue weighted by molar-refractivity contribution is -0.267. The van der Waals surface area contributed by atoms with Crippen molar-refractivity contribution in [3.05, 3.63) is 24.0 Å². The minimum Gasteiger partial charge on any atom is -0.871 e. The third-order valence-electron chi connectivity index (χ3n) is 1.45. The summed E-state index contributed by atoms with van der Waals surface area (Å²) in [4.78, 5) is 6.96. The molecule has 0 unspecified atom stereocenters. The number of halogens is 4. The van der Waals surface area contributed by atoms with Crippen LogP contribution in [-0.2, 0) is 4.79 Å². The smallest absolute Gasteiger partial charge is 0.378 e. The van der Waals surface area contributed by atoms with Crippen LogP contribution in [0.2, 0.25) is 0 Å². The van der Waals surface area contributed by atoms with Crippen LogP contribution in [0.15, 0.2) is 18.2 Å². The van der Waals surface area contributed by atoms with Gasteiger partial charge in [-0.1, -0.05) is 5.75 Å². The molecule has 1 aromatic rings. The lowest BCUT2D eigenvalue weighted by Crippen LogP contribution is -2.28. The van der Waals surface area contributed by atoms with Crippen molar-refractivity contribution in [1.29, 1.82) is 0 Å². The first-order chi connectivity index (χ1) is 6.80. The van der Waals surface area contributed by atoms with Gasteiger partial charge in [0.1, 0.15) is 5.82 Å². The molecule has 0 aliphatic carbocycles. The maximum atomic E-state index is 12.4. The van der Waals surface area contributed by atoms with Gasteiger partial charge in [-0.25, -0.2) is 4.39 Å². The minimum absolute atomic E-state index is 0.402. The van der Waals surface area contributed by atoms with E-state index in [4.69, 9.17) is 0 Å². The molecule has 0 saturated carbocycles. The third-order valence-corrected chi connectivity index (χ3v) is 1.81. The predicted molar refractivity (Wildman–Crippen MR) is 48.3 cm³/mol. The van der Waals surface area contributed by atoms with E-state index in [-0.39, 0.29) is 0 Å². The normalized spacial score (nSPS) is 11.2. The highest BCUT2D eigenvalue weighted by Crippen LogP contribution is 2.26. The van der Waals surface area contributed by atoms with Crippen LogP contribution in [0.5, 0.6) is 5.75 Å². The van der Waals surface area contributed by atoms with Gasteiger partial charge in [-0.2, -0.15) is 8.78 Å². The molecule has 7 heteroatoms. The van der Waals surface area contributed by atoms with Crippen LogP contribution in [0.25, 0.3) is 0 Å². The van der Waals surface area contributed by atoms with Crippen LogP contribution in [0.3, 0.4) is 0 Å². The molecular formula is C8H4BrF3NO2-. The van der Waals surface area contributed by atoms with Crippen LogP contribution in [0.4, 0.5) is 18.9 Å². The van der Waals surface area contributed by atoms with E-state index in [1.165, 1.54) is 0 Å². The zero-order valence-electron chi connectivity index (χ0n) is 7.06. The average Bonchev–Trinajstić information content (AvgIpc) is 2.08. The fraction of sp³-hybridized carbons (Fsp3) is 0.125. The maximum Gasteiger partial charge on any atom is 0.378 e. The van der Waals surface area contributed by atoms with Gasteiger partial charge in [-0.3, -0.25) is 4.79 Å². The fourth-order valence-corrected chi connectivity index (χ4v) is 0.892. The number of hydrogen-bond acceptors (Lipinski definition) is 2. The van der Waals surface area contributed by atoms with Crippen LogP contribution >= 0.6 is 15.9 Å². The number of nitrogens with one attached hydrogen (secondary N) is 1. The number of benzene rings is 1. The molecule has 15 heavy (non-hydrogen) atoms. The molecule has 0 spiro atoms. The Hall–Kier alpha value is -1.24. The molecule has 1 aromatic carbocycles. The van der Waals surface area contributed by atoms with E-state index >= 15 is 0 Å². The Morgan fingerprint density at radius 3 is 2.53 bits per heavy atom. The molecule has 0 fully saturated rings. The van der Waals surface area contributed by atoms with Crippen molar-refractivity contribution < 1.29 is 23.1 Å². The summed E-state index contributed by atoms with van der Waals surface area (Å²) >= 11 is 1.82. The van der Waals surface area contributed by atoms with Crippen LogP contribution in [0, 0.1) is 5.82 Å². The first kappa shape index (κ1) is 11.8. The van der Waals surface area contributed by atoms with Crippen molar-refractivity contribution in [3.63, 3.8) is 0 Å². The molecule has 0 saturated heterocycles. The van der Waals surface area contributed by atoms with Crippen molar-refractivity contribution in [2.24, 2.45) is 0 Å². The molecule has 1 N–H and O–H groups in total. The van der Waals surface area contributed by atoms with E-state index in [1.54, 1.807) is 5.32 Å². The highest BCUT2D eigenvalue weighted by Gasteiger charge is 2.34. The van der Waals surface area contributed by atoms with E-state index in [0.29, 0.717) is 6.07 Å². The summed E-state index contributed by atoms with van der Waals surface area (Å²) in [7, 11) is 0. The summed E-state index contributed by atoms with van der Waals surface area (Å²) in [6, 6.07) is 2.37. The fourth-order valence-electron chi connectivity index (χ4n) is 0.793. The van der Waals surface area contributed by atoms with Gasteiger partial charge in [0.15, 0.2) is 0 Å². The summed E-state index contributed by atoms with van der Waals surface area (Å²) < 4.78 is 37.1. The molecule has 82 valence electrons. The van der Waals surface area contributed by atoms with Gasteiger partial charge >= 0.3 is 10.7 Å². The molecule has 0 atom stereocenters. The van der Waals surface area contributed by atoms with Gasteiger partial charge in [0.2, 0.25) is 0 Å². The molecule has 0 bridgehead atoms. The largest absolute Gasteiger partial charge is 0.871 e. The van der Waals surface area contributed by atoms with Crippen molar-refractivity contribution in [3.8, 4) is 5.75 Å². The summed E-state index contributed by atoms with van der Waals surface area (Å²) in [5.41, 5.74) is -0.402. The van der Waals surface area contributed by atoms with Crippen LogP contribution < -0.4 is 10.4 Å². The summed E-state index contributed by atoms with van der Waals surface area (Å²) in [6.45, 7) is 0. The standard InChI is InChI=1S/C8H5BrF3NO2/c9-8(11,12)7(15)13-5-2-1-4(10)3-6(5)14/h1-3,14H,(H,13,15)/p-1. The van der Waals surface area contributed by atoms with Gasteiger partial charge in [0.05, 0.1) is 0 Å². The van der Waals surface area contributed by atoms with E-state index < -0.39 is 28.0 Å². The topological polar surface area (TPSA) is 52.2 Å². The maximum absolute atomic E-state index is 12.4. The zero-order chi connectivity index (χ0) is 11.6. The lowest BCUT2D eigenvalue weighted by atomic mass is 10.3. The van der Waals surface area contributed by atoms with Gasteiger partial charge in [0.25, 0.3) is 0 Å². The summed E-state index contributed by atoms with van der Waals surface area (Å²) in [5, 5.41) is 12.6. The zero-order valence-corrected chi connectivity index (χ0v) is 8.65. The molecule has 0 aliphatic heterocycles. The SMILES string of the molecule is O=C(Nc1ccc(F)cc1[O-])C(F)(F)Br. The van der Waals surface area contributed by atoms with Gasteiger partial charge < -0.3 is 10.4 Å². The summed E-state index contributed by atoms with van der Waals surface area (Å²) in [6.07, 6.45) is 0. The van der Waals surface area contributed by atoms with Crippen molar-refractivity contribution in [2.45, 2.75) is 4.83 Å². The highest BCUT2D eigenvalue weighted by atomic mass is 79.9. The van der Waals surface area contributed by atoms with E-state index in [0.717, 1.165) is 12.1 Å². The van der Waals surface area contributed by atoms with Crippen LogP contribution in [0.1, 0.15) is 0 Å². The molecule has 0 radical (unpaired) electrons. The number of rotatable bonds is 2. The number of carbonyl (C=O) groups is 1. The molecular weight excluding hydrogens is 279 g/mol. The molecule has 0 aromatic heterocycles. The van der Waals surface area contributed by atoms with E-state index in [2.05, 4.69) is 0 Å². The lowest BCUT2D eigenvalue weighted by Gasteiger charge is -2.15. The second-order valence-corrected chi connectivity index (χ2v) is 3.59. The van der Waals surface area contributed by atoms with Crippen LogP contribution in [-0.4, -0.2) is 10.7 Å². The minimum atomic E-state index is -3.77. The van der Waals surface area contributed by atoms with Crippen molar-refractivity contribution in [2.75, 3.05) is 5.32 Å². The molecule has 0 heterocycles. The molecule has 0 aliphatic rings. The molecule has 3 nitrogen and oxygen atoms in total. The van der Waals surface area contributed by atoms with Gasteiger partial charge in [-0.15, -0.1) is 0 Å². The first-order valence-electron chi connectivity index (χ1n) is 3.65. The Kier molecular flexibility index (Phi) is 3.23. The monoisotopic (exact) mass is 282 g/mol. The Bertz CT molecular complexity index is 392. The predicted octanol–water partition coefficient (Wildman–Crippen LogP) is 1.83. The molecule has 1 rings (SSSR count). The van der Waals surface area contributed by atoms with Gasteiger partial charge in [-0.05, 0) is 18.2 Å². The number of hydrogen-bond donors (Lipinski definition) is 1. The Morgan fingerprint density at radius 1 is 1.47 bits per heavy atom. The Morgan fingerprint density at radius 2 is 2.07 bits per heavy atom. The van der Waals surface area contributed by atoms with Crippen molar-refractivity contribution >= 4 is 27.5 Å². The number of alkyl halides is 3. The first-order valence-corrected chi connectivity index (χ1v) is 4.45. The Labute approximate surface area is 91.0 Å². The summed E-state index contributed by atoms with van der Waals surface area (Å²) in [5.74, 6) is -3.37. The Balaban J connectivity index is 2.87. The second kappa shape index (κ2) is 4.09. The van der Waals surface area contributed by atoms with Crippen molar-refractivity contribution in [1.82, 2.24) is 0 Å². The quantitative estimate of drug-likeness (QED) is 0.842.